The summed E-state index contributed by atoms with van der Waals surface area (Å²) in [4.78, 5) is 4.28. The van der Waals surface area contributed by atoms with E-state index in [2.05, 4.69) is 17.2 Å². The van der Waals surface area contributed by atoms with E-state index in [1.54, 1.807) is 12.1 Å². The van der Waals surface area contributed by atoms with Crippen LogP contribution in [0.15, 0.2) is 47.5 Å². The van der Waals surface area contributed by atoms with E-state index in [-0.39, 0.29) is 12.4 Å². The SMILES string of the molecule is CCc1ccc(NC(N)=NCc2ccc(F)c(COC)c2)cc1. The van der Waals surface area contributed by atoms with Gasteiger partial charge in [-0.05, 0) is 41.8 Å². The smallest absolute Gasteiger partial charge is 0.193 e. The molecule has 2 rings (SSSR count). The first-order valence-corrected chi connectivity index (χ1v) is 7.54. The van der Waals surface area contributed by atoms with Crippen molar-refractivity contribution in [1.29, 1.82) is 0 Å². The predicted octanol–water partition coefficient (Wildman–Crippen LogP) is 3.46. The van der Waals surface area contributed by atoms with E-state index in [1.165, 1.54) is 18.7 Å². The van der Waals surface area contributed by atoms with Crippen molar-refractivity contribution in [2.24, 2.45) is 10.7 Å². The number of hydrogen-bond donors (Lipinski definition) is 2. The second-order valence-electron chi connectivity index (χ2n) is 5.24. The third-order valence-electron chi connectivity index (χ3n) is 3.48. The summed E-state index contributed by atoms with van der Waals surface area (Å²) < 4.78 is 18.5. The molecule has 0 aliphatic carbocycles. The molecule has 0 saturated carbocycles. The summed E-state index contributed by atoms with van der Waals surface area (Å²) in [7, 11) is 1.54. The molecule has 0 aliphatic rings. The Labute approximate surface area is 136 Å². The van der Waals surface area contributed by atoms with Crippen LogP contribution in [0.25, 0.3) is 0 Å². The van der Waals surface area contributed by atoms with Gasteiger partial charge in [-0.3, -0.25) is 0 Å². The molecular formula is C18H22FN3O. The molecule has 0 atom stereocenters. The normalized spacial score (nSPS) is 11.5. The average Bonchev–Trinajstić information content (AvgIpc) is 2.56. The molecule has 0 fully saturated rings. The Morgan fingerprint density at radius 3 is 2.52 bits per heavy atom. The first-order valence-electron chi connectivity index (χ1n) is 7.54. The summed E-state index contributed by atoms with van der Waals surface area (Å²) in [5, 5.41) is 3.04. The second-order valence-corrected chi connectivity index (χ2v) is 5.24. The number of ether oxygens (including phenoxy) is 1. The zero-order valence-electron chi connectivity index (χ0n) is 13.5. The number of halogens is 1. The van der Waals surface area contributed by atoms with Crippen molar-refractivity contribution in [3.63, 3.8) is 0 Å². The fourth-order valence-corrected chi connectivity index (χ4v) is 2.18. The van der Waals surface area contributed by atoms with Crippen LogP contribution in [0.5, 0.6) is 0 Å². The van der Waals surface area contributed by atoms with Crippen LogP contribution in [0.1, 0.15) is 23.6 Å². The maximum Gasteiger partial charge on any atom is 0.193 e. The number of aryl methyl sites for hydroxylation is 1. The quantitative estimate of drug-likeness (QED) is 0.634. The molecule has 4 nitrogen and oxygen atoms in total. The molecule has 0 saturated heterocycles. The van der Waals surface area contributed by atoms with Gasteiger partial charge in [0.15, 0.2) is 5.96 Å². The van der Waals surface area contributed by atoms with Gasteiger partial charge in [0.1, 0.15) is 5.82 Å². The number of guanidine groups is 1. The number of benzene rings is 2. The molecule has 122 valence electrons. The second kappa shape index (κ2) is 8.29. The van der Waals surface area contributed by atoms with Crippen LogP contribution in [0, 0.1) is 5.82 Å². The Bertz CT molecular complexity index is 668. The number of nitrogens with zero attached hydrogens (tertiary/aromatic N) is 1. The minimum Gasteiger partial charge on any atom is -0.380 e. The van der Waals surface area contributed by atoms with E-state index in [0.717, 1.165) is 17.7 Å². The molecule has 0 spiro atoms. The first kappa shape index (κ1) is 17.0. The molecule has 5 heteroatoms. The van der Waals surface area contributed by atoms with Gasteiger partial charge in [0, 0.05) is 18.4 Å². The van der Waals surface area contributed by atoms with Crippen LogP contribution < -0.4 is 11.1 Å². The number of methoxy groups -OCH3 is 1. The van der Waals surface area contributed by atoms with E-state index in [4.69, 9.17) is 10.5 Å². The maximum absolute atomic E-state index is 13.6. The molecule has 23 heavy (non-hydrogen) atoms. The third kappa shape index (κ3) is 5.07. The average molecular weight is 315 g/mol. The highest BCUT2D eigenvalue weighted by atomic mass is 19.1. The van der Waals surface area contributed by atoms with E-state index in [1.807, 2.05) is 24.3 Å². The first-order chi connectivity index (χ1) is 11.1. The van der Waals surface area contributed by atoms with Gasteiger partial charge in [-0.2, -0.15) is 0 Å². The van der Waals surface area contributed by atoms with Crippen molar-refractivity contribution in [1.82, 2.24) is 0 Å². The van der Waals surface area contributed by atoms with E-state index in [0.29, 0.717) is 18.1 Å². The summed E-state index contributed by atoms with van der Waals surface area (Å²) in [6, 6.07) is 12.9. The fraction of sp³-hybridized carbons (Fsp3) is 0.278. The molecule has 0 heterocycles. The van der Waals surface area contributed by atoms with E-state index >= 15 is 0 Å². The van der Waals surface area contributed by atoms with Crippen molar-refractivity contribution in [2.45, 2.75) is 26.5 Å². The van der Waals surface area contributed by atoms with Gasteiger partial charge in [0.25, 0.3) is 0 Å². The summed E-state index contributed by atoms with van der Waals surface area (Å²) in [6.07, 6.45) is 0.998. The van der Waals surface area contributed by atoms with Gasteiger partial charge >= 0.3 is 0 Å². The topological polar surface area (TPSA) is 59.6 Å². The lowest BCUT2D eigenvalue weighted by Crippen LogP contribution is -2.22. The highest BCUT2D eigenvalue weighted by molar-refractivity contribution is 5.92. The highest BCUT2D eigenvalue weighted by Crippen LogP contribution is 2.13. The number of rotatable bonds is 6. The van der Waals surface area contributed by atoms with Crippen molar-refractivity contribution >= 4 is 11.6 Å². The van der Waals surface area contributed by atoms with Crippen molar-refractivity contribution in [3.05, 3.63) is 65.0 Å². The van der Waals surface area contributed by atoms with Crippen LogP contribution >= 0.6 is 0 Å². The van der Waals surface area contributed by atoms with Crippen molar-refractivity contribution < 1.29 is 9.13 Å². The zero-order chi connectivity index (χ0) is 16.7. The molecule has 3 N–H and O–H groups in total. The number of nitrogens with one attached hydrogen (secondary N) is 1. The third-order valence-corrected chi connectivity index (χ3v) is 3.48. The standard InChI is InChI=1S/C18H22FN3O/c1-3-13-4-7-16(8-5-13)22-18(20)21-11-14-6-9-17(19)15(10-14)12-23-2/h4-10H,3,11-12H2,1-2H3,(H3,20,21,22). The monoisotopic (exact) mass is 315 g/mol. The Hall–Kier alpha value is -2.40. The van der Waals surface area contributed by atoms with Crippen LogP contribution in [0.3, 0.4) is 0 Å². The molecule has 2 aromatic carbocycles. The lowest BCUT2D eigenvalue weighted by Gasteiger charge is -2.07. The van der Waals surface area contributed by atoms with Gasteiger partial charge in [-0.1, -0.05) is 25.1 Å². The Kier molecular flexibility index (Phi) is 6.11. The summed E-state index contributed by atoms with van der Waals surface area (Å²) >= 11 is 0. The highest BCUT2D eigenvalue weighted by Gasteiger charge is 2.03. The number of nitrogens with two attached hydrogens (primary N) is 1. The number of aliphatic imine (C=N–C) groups is 1. The van der Waals surface area contributed by atoms with Gasteiger partial charge in [-0.25, -0.2) is 9.38 Å². The number of hydrogen-bond acceptors (Lipinski definition) is 2. The molecule has 0 unspecified atom stereocenters. The van der Waals surface area contributed by atoms with Crippen LogP contribution in [-0.4, -0.2) is 13.1 Å². The molecule has 0 aliphatic heterocycles. The molecule has 0 amide bonds. The lowest BCUT2D eigenvalue weighted by atomic mass is 10.1. The minimum absolute atomic E-state index is 0.237. The van der Waals surface area contributed by atoms with Crippen LogP contribution in [0.2, 0.25) is 0 Å². The summed E-state index contributed by atoms with van der Waals surface area (Å²) in [6.45, 7) is 2.72. The summed E-state index contributed by atoms with van der Waals surface area (Å²) in [5.41, 5.74) is 9.44. The molecule has 2 aromatic rings. The minimum atomic E-state index is -0.276. The fourth-order valence-electron chi connectivity index (χ4n) is 2.18. The van der Waals surface area contributed by atoms with Gasteiger partial charge < -0.3 is 15.8 Å². The molecule has 0 aromatic heterocycles. The molecule has 0 bridgehead atoms. The van der Waals surface area contributed by atoms with Gasteiger partial charge in [0.05, 0.1) is 13.2 Å². The zero-order valence-corrected chi connectivity index (χ0v) is 13.5. The van der Waals surface area contributed by atoms with E-state index in [9.17, 15) is 4.39 Å². The van der Waals surface area contributed by atoms with E-state index < -0.39 is 0 Å². The molecule has 0 radical (unpaired) electrons. The van der Waals surface area contributed by atoms with Crippen molar-refractivity contribution in [3.8, 4) is 0 Å². The number of anilines is 1. The van der Waals surface area contributed by atoms with Crippen molar-refractivity contribution in [2.75, 3.05) is 12.4 Å². The Morgan fingerprint density at radius 1 is 1.17 bits per heavy atom. The largest absolute Gasteiger partial charge is 0.380 e. The van der Waals surface area contributed by atoms with Crippen LogP contribution in [-0.2, 0) is 24.3 Å². The predicted molar refractivity (Wildman–Crippen MR) is 91.9 cm³/mol. The van der Waals surface area contributed by atoms with Crippen LogP contribution in [0.4, 0.5) is 10.1 Å². The van der Waals surface area contributed by atoms with Gasteiger partial charge in [-0.15, -0.1) is 0 Å². The maximum atomic E-state index is 13.6. The summed E-state index contributed by atoms with van der Waals surface area (Å²) in [5.74, 6) is 0.0496. The Morgan fingerprint density at radius 2 is 1.87 bits per heavy atom. The lowest BCUT2D eigenvalue weighted by molar-refractivity contribution is 0.181. The molecular weight excluding hydrogens is 293 g/mol. The Balaban J connectivity index is 1.99. The van der Waals surface area contributed by atoms with Gasteiger partial charge in [0.2, 0.25) is 0 Å².